The second-order valence-corrected chi connectivity index (χ2v) is 7.67. The summed E-state index contributed by atoms with van der Waals surface area (Å²) in [5, 5.41) is 8.06. The molecular weight excluding hydrogens is 354 g/mol. The van der Waals surface area contributed by atoms with Crippen LogP contribution in [0.15, 0.2) is 6.33 Å². The van der Waals surface area contributed by atoms with E-state index in [1.807, 2.05) is 0 Å². The largest absolute Gasteiger partial charge is 0.354 e. The van der Waals surface area contributed by atoms with Crippen molar-refractivity contribution >= 4 is 33.1 Å². The number of thiophene rings is 1. The molecule has 138 valence electrons. The van der Waals surface area contributed by atoms with Gasteiger partial charge in [-0.1, -0.05) is 6.92 Å². The lowest BCUT2D eigenvalue weighted by molar-refractivity contribution is -0.0974. The topological polar surface area (TPSA) is 90.6 Å². The number of ether oxygens (including phenoxy) is 2. The van der Waals surface area contributed by atoms with Gasteiger partial charge < -0.3 is 14.8 Å². The van der Waals surface area contributed by atoms with Crippen LogP contribution in [0.3, 0.4) is 0 Å². The van der Waals surface area contributed by atoms with Crippen molar-refractivity contribution in [1.82, 2.24) is 24.9 Å². The molecule has 8 nitrogen and oxygen atoms in total. The lowest BCUT2D eigenvalue weighted by Crippen LogP contribution is -2.34. The van der Waals surface area contributed by atoms with Crippen molar-refractivity contribution in [2.45, 2.75) is 32.5 Å². The van der Waals surface area contributed by atoms with E-state index in [1.165, 1.54) is 31.1 Å². The van der Waals surface area contributed by atoms with Gasteiger partial charge in [0.1, 0.15) is 11.2 Å². The third kappa shape index (κ3) is 2.95. The van der Waals surface area contributed by atoms with Gasteiger partial charge >= 0.3 is 0 Å². The molecule has 0 fully saturated rings. The summed E-state index contributed by atoms with van der Waals surface area (Å²) in [6.07, 6.45) is 4.43. The minimum atomic E-state index is -0.505. The molecule has 3 aromatic rings. The molecule has 1 atom stereocenters. The Kier molecular flexibility index (Phi) is 4.60. The van der Waals surface area contributed by atoms with Crippen molar-refractivity contribution in [1.29, 1.82) is 0 Å². The average Bonchev–Trinajstić information content (AvgIpc) is 3.22. The van der Waals surface area contributed by atoms with E-state index in [4.69, 9.17) is 9.47 Å². The number of carbonyl (C=O) groups excluding carboxylic acids is 1. The van der Waals surface area contributed by atoms with Crippen LogP contribution in [0.5, 0.6) is 0 Å². The molecule has 3 aromatic heterocycles. The number of nitrogens with zero attached hydrogens (tertiary/aromatic N) is 4. The van der Waals surface area contributed by atoms with Crippen LogP contribution in [-0.4, -0.2) is 52.5 Å². The van der Waals surface area contributed by atoms with Gasteiger partial charge in [-0.2, -0.15) is 0 Å². The fourth-order valence-electron chi connectivity index (χ4n) is 3.36. The van der Waals surface area contributed by atoms with E-state index in [0.29, 0.717) is 11.6 Å². The van der Waals surface area contributed by atoms with E-state index < -0.39 is 6.29 Å². The van der Waals surface area contributed by atoms with Gasteiger partial charge in [0.15, 0.2) is 11.9 Å². The summed E-state index contributed by atoms with van der Waals surface area (Å²) in [7, 11) is 3.04. The summed E-state index contributed by atoms with van der Waals surface area (Å²) >= 11 is 1.73. The van der Waals surface area contributed by atoms with Crippen LogP contribution in [-0.2, 0) is 22.3 Å². The molecule has 0 bridgehead atoms. The van der Waals surface area contributed by atoms with E-state index in [2.05, 4.69) is 27.3 Å². The summed E-state index contributed by atoms with van der Waals surface area (Å²) < 4.78 is 11.7. The SMILES string of the molecule is COC(CNC(=O)c1nc2c3c4c(sc3ncn2n1)CC[C@@H](C)C4)OC. The molecule has 9 heteroatoms. The van der Waals surface area contributed by atoms with Gasteiger partial charge in [-0.15, -0.1) is 16.4 Å². The maximum absolute atomic E-state index is 12.4. The maximum Gasteiger partial charge on any atom is 0.291 e. The third-order valence-electron chi connectivity index (χ3n) is 4.79. The van der Waals surface area contributed by atoms with Crippen LogP contribution < -0.4 is 5.32 Å². The molecule has 1 aliphatic carbocycles. The number of rotatable bonds is 5. The molecule has 0 radical (unpaired) electrons. The highest BCUT2D eigenvalue weighted by Crippen LogP contribution is 2.38. The standard InChI is InChI=1S/C17H21N5O3S/c1-9-4-5-11-10(6-9)13-15-20-14(16(23)18-7-12(24-2)25-3)21-22(15)8-19-17(13)26-11/h8-9,12H,4-7H2,1-3H3,(H,18,23)/t9-/m1/s1. The molecule has 1 N–H and O–H groups in total. The number of hydrogen-bond donors (Lipinski definition) is 1. The van der Waals surface area contributed by atoms with Crippen molar-refractivity contribution in [3.05, 3.63) is 22.6 Å². The number of aryl methyl sites for hydroxylation is 1. The monoisotopic (exact) mass is 375 g/mol. The highest BCUT2D eigenvalue weighted by atomic mass is 32.1. The number of aromatic nitrogens is 4. The Hall–Kier alpha value is -2.10. The molecule has 1 amide bonds. The van der Waals surface area contributed by atoms with Crippen LogP contribution in [0.2, 0.25) is 0 Å². The first kappa shape index (κ1) is 17.3. The summed E-state index contributed by atoms with van der Waals surface area (Å²) in [5.41, 5.74) is 2.02. The first-order valence-electron chi connectivity index (χ1n) is 8.60. The van der Waals surface area contributed by atoms with Gasteiger partial charge in [-0.25, -0.2) is 14.5 Å². The molecule has 26 heavy (non-hydrogen) atoms. The van der Waals surface area contributed by atoms with Crippen LogP contribution in [0.1, 0.15) is 34.4 Å². The highest BCUT2D eigenvalue weighted by Gasteiger charge is 2.24. The molecular formula is C17H21N5O3S. The minimum Gasteiger partial charge on any atom is -0.354 e. The fourth-order valence-corrected chi connectivity index (χ4v) is 4.54. The molecule has 0 unspecified atom stereocenters. The van der Waals surface area contributed by atoms with Gasteiger partial charge in [-0.05, 0) is 30.7 Å². The highest BCUT2D eigenvalue weighted by molar-refractivity contribution is 7.19. The summed E-state index contributed by atoms with van der Waals surface area (Å²) in [4.78, 5) is 23.8. The lowest BCUT2D eigenvalue weighted by atomic mass is 9.89. The molecule has 0 saturated carbocycles. The predicted molar refractivity (Wildman–Crippen MR) is 97.5 cm³/mol. The van der Waals surface area contributed by atoms with Gasteiger partial charge in [-0.3, -0.25) is 4.79 Å². The molecule has 1 aliphatic rings. The number of carbonyl (C=O) groups is 1. The van der Waals surface area contributed by atoms with Crippen LogP contribution >= 0.6 is 11.3 Å². The first-order valence-corrected chi connectivity index (χ1v) is 9.41. The summed E-state index contributed by atoms with van der Waals surface area (Å²) in [5.74, 6) is 0.402. The van der Waals surface area contributed by atoms with Gasteiger partial charge in [0, 0.05) is 19.1 Å². The predicted octanol–water partition coefficient (Wildman–Crippen LogP) is 1.81. The quantitative estimate of drug-likeness (QED) is 0.684. The third-order valence-corrected chi connectivity index (χ3v) is 5.99. The Morgan fingerprint density at radius 2 is 2.27 bits per heavy atom. The molecule has 0 aromatic carbocycles. The normalized spacial score (nSPS) is 17.2. The Morgan fingerprint density at radius 1 is 1.46 bits per heavy atom. The zero-order valence-corrected chi connectivity index (χ0v) is 15.8. The molecule has 4 rings (SSSR count). The van der Waals surface area contributed by atoms with Gasteiger partial charge in [0.25, 0.3) is 5.91 Å². The van der Waals surface area contributed by atoms with Gasteiger partial charge in [0.2, 0.25) is 5.82 Å². The van der Waals surface area contributed by atoms with E-state index in [-0.39, 0.29) is 18.3 Å². The van der Waals surface area contributed by atoms with Crippen molar-refractivity contribution in [2.75, 3.05) is 20.8 Å². The Morgan fingerprint density at radius 3 is 3.04 bits per heavy atom. The van der Waals surface area contributed by atoms with Crippen molar-refractivity contribution in [2.24, 2.45) is 5.92 Å². The van der Waals surface area contributed by atoms with Gasteiger partial charge in [0.05, 0.1) is 11.9 Å². The van der Waals surface area contributed by atoms with Crippen molar-refractivity contribution < 1.29 is 14.3 Å². The van der Waals surface area contributed by atoms with Crippen molar-refractivity contribution in [3.63, 3.8) is 0 Å². The van der Waals surface area contributed by atoms with Crippen LogP contribution in [0.25, 0.3) is 15.9 Å². The van der Waals surface area contributed by atoms with Crippen LogP contribution in [0.4, 0.5) is 0 Å². The number of methoxy groups -OCH3 is 2. The van der Waals surface area contributed by atoms with E-state index in [0.717, 1.165) is 23.1 Å². The van der Waals surface area contributed by atoms with E-state index >= 15 is 0 Å². The zero-order valence-electron chi connectivity index (χ0n) is 15.0. The molecule has 0 aliphatic heterocycles. The van der Waals surface area contributed by atoms with Crippen molar-refractivity contribution in [3.8, 4) is 0 Å². The maximum atomic E-state index is 12.4. The number of hydrogen-bond acceptors (Lipinski definition) is 7. The molecule has 0 saturated heterocycles. The average molecular weight is 375 g/mol. The first-order chi connectivity index (χ1) is 12.6. The van der Waals surface area contributed by atoms with E-state index in [1.54, 1.807) is 22.2 Å². The lowest BCUT2D eigenvalue weighted by Gasteiger charge is -2.17. The molecule has 3 heterocycles. The Labute approximate surface area is 154 Å². The smallest absolute Gasteiger partial charge is 0.291 e. The second kappa shape index (κ2) is 6.90. The Bertz CT molecular complexity index is 962. The minimum absolute atomic E-state index is 0.120. The number of nitrogens with one attached hydrogen (secondary N) is 1. The van der Waals surface area contributed by atoms with Crippen LogP contribution in [0, 0.1) is 5.92 Å². The zero-order chi connectivity index (χ0) is 18.3. The summed E-state index contributed by atoms with van der Waals surface area (Å²) in [6.45, 7) is 2.49. The Balaban J connectivity index is 1.70. The fraction of sp³-hybridized carbons (Fsp3) is 0.529. The number of amides is 1. The number of fused-ring (bicyclic) bond motifs is 5. The summed E-state index contributed by atoms with van der Waals surface area (Å²) in [6, 6.07) is 0. The second-order valence-electron chi connectivity index (χ2n) is 6.59. The molecule has 0 spiro atoms. The van der Waals surface area contributed by atoms with E-state index in [9.17, 15) is 4.79 Å².